The molecule has 2 N–H and O–H groups in total. The van der Waals surface area contributed by atoms with Crippen molar-refractivity contribution < 1.29 is 5.11 Å². The summed E-state index contributed by atoms with van der Waals surface area (Å²) in [6.45, 7) is 2.50. The molecular weight excluding hydrogens is 416 g/mol. The summed E-state index contributed by atoms with van der Waals surface area (Å²) in [4.78, 5) is 28.4. The minimum Gasteiger partial charge on any atom is -0.389 e. The quantitative estimate of drug-likeness (QED) is 0.491. The Kier molecular flexibility index (Phi) is 5.58. The standard InChI is InChI=1S/C25H24N6O2/c1-17(18-8-4-2-5-9-18)27-24-26-13-12-22(29-24)30-15-20(32)16-31-23(33)14-21(28-25(30)31)19-10-6-3-7-11-19/h2-14,17,20,32H,15-16H2,1H3,(H,26,27,29). The highest BCUT2D eigenvalue weighted by atomic mass is 16.3. The minimum atomic E-state index is -0.728. The lowest BCUT2D eigenvalue weighted by atomic mass is 10.1. The summed E-state index contributed by atoms with van der Waals surface area (Å²) in [5, 5.41) is 13.8. The van der Waals surface area contributed by atoms with E-state index in [1.807, 2.05) is 67.6 Å². The summed E-state index contributed by atoms with van der Waals surface area (Å²) in [6, 6.07) is 22.9. The van der Waals surface area contributed by atoms with Crippen LogP contribution in [0.2, 0.25) is 0 Å². The first kappa shape index (κ1) is 20.8. The number of benzene rings is 2. The molecule has 0 saturated carbocycles. The zero-order chi connectivity index (χ0) is 22.8. The van der Waals surface area contributed by atoms with Crippen LogP contribution in [0.25, 0.3) is 11.3 Å². The highest BCUT2D eigenvalue weighted by Crippen LogP contribution is 2.28. The van der Waals surface area contributed by atoms with E-state index < -0.39 is 6.10 Å². The first-order valence-electron chi connectivity index (χ1n) is 10.9. The van der Waals surface area contributed by atoms with Gasteiger partial charge in [-0.05, 0) is 18.6 Å². The van der Waals surface area contributed by atoms with Crippen LogP contribution >= 0.6 is 0 Å². The Labute approximate surface area is 191 Å². The Balaban J connectivity index is 1.51. The van der Waals surface area contributed by atoms with Gasteiger partial charge in [-0.15, -0.1) is 0 Å². The van der Waals surface area contributed by atoms with Gasteiger partial charge in [-0.1, -0.05) is 60.7 Å². The number of nitrogens with one attached hydrogen (secondary N) is 1. The second-order valence-electron chi connectivity index (χ2n) is 8.04. The van der Waals surface area contributed by atoms with Crippen LogP contribution in [0.5, 0.6) is 0 Å². The molecule has 166 valence electrons. The first-order chi connectivity index (χ1) is 16.1. The molecule has 0 aliphatic carbocycles. The Morgan fingerprint density at radius 3 is 2.48 bits per heavy atom. The fourth-order valence-electron chi connectivity index (χ4n) is 3.97. The summed E-state index contributed by atoms with van der Waals surface area (Å²) in [7, 11) is 0. The summed E-state index contributed by atoms with van der Waals surface area (Å²) >= 11 is 0. The molecule has 0 spiro atoms. The van der Waals surface area contributed by atoms with Crippen molar-refractivity contribution in [1.29, 1.82) is 0 Å². The van der Waals surface area contributed by atoms with Crippen molar-refractivity contribution in [2.75, 3.05) is 16.8 Å². The van der Waals surface area contributed by atoms with Crippen molar-refractivity contribution >= 4 is 17.7 Å². The molecule has 0 radical (unpaired) electrons. The second kappa shape index (κ2) is 8.84. The lowest BCUT2D eigenvalue weighted by Gasteiger charge is -2.33. The normalized spacial score (nSPS) is 16.2. The molecule has 3 heterocycles. The Bertz CT molecular complexity index is 1310. The molecule has 4 aromatic rings. The van der Waals surface area contributed by atoms with Gasteiger partial charge < -0.3 is 10.4 Å². The van der Waals surface area contributed by atoms with E-state index >= 15 is 0 Å². The zero-order valence-corrected chi connectivity index (χ0v) is 18.2. The largest absolute Gasteiger partial charge is 0.389 e. The molecule has 1 aliphatic rings. The average molecular weight is 441 g/mol. The lowest BCUT2D eigenvalue weighted by Crippen LogP contribution is -2.44. The fraction of sp³-hybridized carbons (Fsp3) is 0.200. The monoisotopic (exact) mass is 440 g/mol. The lowest BCUT2D eigenvalue weighted by molar-refractivity contribution is 0.150. The third kappa shape index (κ3) is 4.33. The fourth-order valence-corrected chi connectivity index (χ4v) is 3.97. The molecule has 0 amide bonds. The number of rotatable bonds is 5. The highest BCUT2D eigenvalue weighted by molar-refractivity contribution is 5.63. The van der Waals surface area contributed by atoms with Crippen LogP contribution < -0.4 is 15.8 Å². The molecule has 2 unspecified atom stereocenters. The molecule has 0 bridgehead atoms. The summed E-state index contributed by atoms with van der Waals surface area (Å²) in [5.41, 5.74) is 2.34. The van der Waals surface area contributed by atoms with E-state index in [1.165, 1.54) is 10.6 Å². The molecule has 8 heteroatoms. The van der Waals surface area contributed by atoms with Gasteiger partial charge in [0.1, 0.15) is 5.82 Å². The number of aliphatic hydroxyl groups excluding tert-OH is 1. The van der Waals surface area contributed by atoms with E-state index in [2.05, 4.69) is 15.3 Å². The molecule has 1 aliphatic heterocycles. The second-order valence-corrected chi connectivity index (χ2v) is 8.04. The molecule has 33 heavy (non-hydrogen) atoms. The van der Waals surface area contributed by atoms with Gasteiger partial charge in [-0.2, -0.15) is 4.98 Å². The van der Waals surface area contributed by atoms with Crippen LogP contribution in [-0.2, 0) is 6.54 Å². The maximum atomic E-state index is 12.9. The highest BCUT2D eigenvalue weighted by Gasteiger charge is 2.28. The van der Waals surface area contributed by atoms with Crippen LogP contribution in [0.1, 0.15) is 18.5 Å². The van der Waals surface area contributed by atoms with Gasteiger partial charge in [0, 0.05) is 17.8 Å². The first-order valence-corrected chi connectivity index (χ1v) is 10.9. The van der Waals surface area contributed by atoms with Crippen LogP contribution in [-0.4, -0.2) is 37.3 Å². The van der Waals surface area contributed by atoms with Crippen molar-refractivity contribution in [1.82, 2.24) is 19.5 Å². The van der Waals surface area contributed by atoms with Gasteiger partial charge in [0.05, 0.1) is 30.9 Å². The SMILES string of the molecule is CC(Nc1nccc(N2CC(O)Cn3c2nc(-c2ccccc2)cc3=O)n1)c1ccccc1. The molecule has 5 rings (SSSR count). The maximum absolute atomic E-state index is 12.9. The van der Waals surface area contributed by atoms with E-state index in [1.54, 1.807) is 17.2 Å². The smallest absolute Gasteiger partial charge is 0.255 e. The summed E-state index contributed by atoms with van der Waals surface area (Å²) in [6.07, 6.45) is 0.932. The number of β-amino-alcohol motifs (C(OH)–C–C–N with tert-alkyl or cyclic N) is 1. The molecule has 2 atom stereocenters. The number of aliphatic hydroxyl groups is 1. The van der Waals surface area contributed by atoms with E-state index in [0.29, 0.717) is 23.4 Å². The van der Waals surface area contributed by atoms with E-state index in [4.69, 9.17) is 4.98 Å². The average Bonchev–Trinajstić information content (AvgIpc) is 2.85. The third-order valence-corrected chi connectivity index (χ3v) is 5.65. The van der Waals surface area contributed by atoms with E-state index in [0.717, 1.165) is 11.1 Å². The molecule has 2 aromatic heterocycles. The van der Waals surface area contributed by atoms with Crippen molar-refractivity contribution in [3.05, 3.63) is 94.9 Å². The molecular formula is C25H24N6O2. The number of anilines is 3. The number of hydrogen-bond acceptors (Lipinski definition) is 7. The summed E-state index contributed by atoms with van der Waals surface area (Å²) < 4.78 is 1.49. The van der Waals surface area contributed by atoms with Gasteiger partial charge in [0.15, 0.2) is 0 Å². The molecule has 2 aromatic carbocycles. The Morgan fingerprint density at radius 1 is 1.00 bits per heavy atom. The van der Waals surface area contributed by atoms with E-state index in [9.17, 15) is 9.90 Å². The topological polar surface area (TPSA) is 96.2 Å². The van der Waals surface area contributed by atoms with Crippen molar-refractivity contribution in [2.24, 2.45) is 0 Å². The number of fused-ring (bicyclic) bond motifs is 1. The number of aromatic nitrogens is 4. The van der Waals surface area contributed by atoms with Crippen molar-refractivity contribution in [2.45, 2.75) is 25.6 Å². The number of nitrogens with zero attached hydrogens (tertiary/aromatic N) is 5. The zero-order valence-electron chi connectivity index (χ0n) is 18.2. The number of hydrogen-bond donors (Lipinski definition) is 2. The van der Waals surface area contributed by atoms with Crippen molar-refractivity contribution in [3.63, 3.8) is 0 Å². The summed E-state index contributed by atoms with van der Waals surface area (Å²) in [5.74, 6) is 1.46. The third-order valence-electron chi connectivity index (χ3n) is 5.65. The van der Waals surface area contributed by atoms with Gasteiger partial charge >= 0.3 is 0 Å². The van der Waals surface area contributed by atoms with Crippen molar-refractivity contribution in [3.8, 4) is 11.3 Å². The van der Waals surface area contributed by atoms with Gasteiger partial charge in [-0.3, -0.25) is 14.3 Å². The predicted octanol–water partition coefficient (Wildman–Crippen LogP) is 3.39. The molecule has 8 nitrogen and oxygen atoms in total. The molecule has 0 fully saturated rings. The van der Waals surface area contributed by atoms with E-state index in [-0.39, 0.29) is 24.7 Å². The Hall–Kier alpha value is -4.04. The van der Waals surface area contributed by atoms with Gasteiger partial charge in [-0.25, -0.2) is 9.97 Å². The van der Waals surface area contributed by atoms with Gasteiger partial charge in [0.2, 0.25) is 11.9 Å². The maximum Gasteiger partial charge on any atom is 0.255 e. The van der Waals surface area contributed by atoms with Gasteiger partial charge in [0.25, 0.3) is 5.56 Å². The van der Waals surface area contributed by atoms with Crippen LogP contribution in [0, 0.1) is 0 Å². The Morgan fingerprint density at radius 2 is 1.73 bits per heavy atom. The predicted molar refractivity (Wildman–Crippen MR) is 127 cm³/mol. The van der Waals surface area contributed by atoms with Crippen LogP contribution in [0.4, 0.5) is 17.7 Å². The van der Waals surface area contributed by atoms with Crippen LogP contribution in [0.15, 0.2) is 83.8 Å². The molecule has 0 saturated heterocycles. The van der Waals surface area contributed by atoms with Crippen LogP contribution in [0.3, 0.4) is 0 Å². The minimum absolute atomic E-state index is 0.00566.